The highest BCUT2D eigenvalue weighted by Gasteiger charge is 2.37. The molecule has 1 aliphatic rings. The van der Waals surface area contributed by atoms with Gasteiger partial charge in [-0.3, -0.25) is 9.59 Å². The molecule has 0 saturated heterocycles. The van der Waals surface area contributed by atoms with E-state index in [9.17, 15) is 40.7 Å². The second-order valence-electron chi connectivity index (χ2n) is 9.64. The number of amides is 1. The van der Waals surface area contributed by atoms with Gasteiger partial charge in [-0.05, 0) is 83.6 Å². The van der Waals surface area contributed by atoms with Crippen molar-refractivity contribution >= 4 is 29.8 Å². The van der Waals surface area contributed by atoms with Gasteiger partial charge in [-0.2, -0.15) is 26.3 Å². The van der Waals surface area contributed by atoms with Crippen molar-refractivity contribution in [2.24, 2.45) is 0 Å². The summed E-state index contributed by atoms with van der Waals surface area (Å²) in [4.78, 5) is 35.9. The third-order valence-electron chi connectivity index (χ3n) is 6.49. The maximum Gasteiger partial charge on any atom is 0.416 e. The van der Waals surface area contributed by atoms with E-state index < -0.39 is 41.1 Å². The number of halogens is 6. The number of aryl methyl sites for hydroxylation is 1. The van der Waals surface area contributed by atoms with E-state index >= 15 is 0 Å². The molecule has 0 fully saturated rings. The topological polar surface area (TPSA) is 92.7 Å². The van der Waals surface area contributed by atoms with E-state index in [2.05, 4.69) is 5.32 Å². The summed E-state index contributed by atoms with van der Waals surface area (Å²) in [5.41, 5.74) is -0.989. The van der Waals surface area contributed by atoms with Crippen LogP contribution in [0.4, 0.5) is 26.3 Å². The summed E-state index contributed by atoms with van der Waals surface area (Å²) in [5, 5.41) is 11.4. The fourth-order valence-electron chi connectivity index (χ4n) is 4.36. The zero-order valence-electron chi connectivity index (χ0n) is 22.2. The molecule has 1 amide bonds. The van der Waals surface area contributed by atoms with Gasteiger partial charge in [0.05, 0.1) is 11.1 Å². The van der Waals surface area contributed by atoms with Gasteiger partial charge in [0, 0.05) is 23.8 Å². The molecule has 43 heavy (non-hydrogen) atoms. The summed E-state index contributed by atoms with van der Waals surface area (Å²) in [7, 11) is 0. The Kier molecular flexibility index (Phi) is 9.07. The quantitative estimate of drug-likeness (QED) is 0.220. The first-order valence-electron chi connectivity index (χ1n) is 12.8. The number of carboxylic acid groups (broad SMARTS) is 1. The van der Waals surface area contributed by atoms with E-state index in [1.54, 1.807) is 30.3 Å². The van der Waals surface area contributed by atoms with Crippen molar-refractivity contribution in [2.45, 2.75) is 31.7 Å². The zero-order chi connectivity index (χ0) is 31.4. The fraction of sp³-hybridized carbons (Fsp3) is 0.194. The van der Waals surface area contributed by atoms with E-state index in [0.29, 0.717) is 29.0 Å². The molecule has 0 heterocycles. The van der Waals surface area contributed by atoms with E-state index in [0.717, 1.165) is 17.7 Å². The van der Waals surface area contributed by atoms with Crippen LogP contribution in [-0.2, 0) is 34.9 Å². The van der Waals surface area contributed by atoms with Crippen LogP contribution in [0.5, 0.6) is 5.75 Å². The van der Waals surface area contributed by atoms with E-state index in [1.165, 1.54) is 18.2 Å². The number of ether oxygens (including phenoxy) is 1. The number of fused-ring (bicyclic) bond motifs is 1. The average molecular weight is 604 g/mol. The highest BCUT2D eigenvalue weighted by Crippen LogP contribution is 2.37. The first-order chi connectivity index (χ1) is 20.2. The van der Waals surface area contributed by atoms with Crippen LogP contribution in [0, 0.1) is 0 Å². The Morgan fingerprint density at radius 1 is 0.860 bits per heavy atom. The molecule has 3 aromatic rings. The van der Waals surface area contributed by atoms with E-state index in [-0.39, 0.29) is 48.8 Å². The molecule has 3 aromatic carbocycles. The third kappa shape index (κ3) is 8.34. The Morgan fingerprint density at radius 2 is 1.51 bits per heavy atom. The second-order valence-corrected chi connectivity index (χ2v) is 9.64. The van der Waals surface area contributed by atoms with Gasteiger partial charge >= 0.3 is 18.3 Å². The van der Waals surface area contributed by atoms with Crippen LogP contribution in [-0.4, -0.2) is 29.4 Å². The van der Waals surface area contributed by atoms with Gasteiger partial charge in [0.2, 0.25) is 0 Å². The van der Waals surface area contributed by atoms with Crippen LogP contribution >= 0.6 is 0 Å². The predicted octanol–water partition coefficient (Wildman–Crippen LogP) is 6.73. The summed E-state index contributed by atoms with van der Waals surface area (Å²) in [5.74, 6) is -1.71. The smallest absolute Gasteiger partial charge is 0.416 e. The number of carbonyl (C=O) groups excluding carboxylic acids is 2. The van der Waals surface area contributed by atoms with E-state index in [4.69, 9.17) is 9.84 Å². The molecule has 2 N–H and O–H groups in total. The highest BCUT2D eigenvalue weighted by molar-refractivity contribution is 6.13. The summed E-state index contributed by atoms with van der Waals surface area (Å²) in [6.45, 7) is -0.121. The van der Waals surface area contributed by atoms with Gasteiger partial charge in [-0.15, -0.1) is 0 Å². The number of allylic oxidation sites excluding steroid dienone is 1. The molecule has 0 unspecified atom stereocenters. The number of rotatable bonds is 8. The molecule has 0 aromatic heterocycles. The number of carbonyl (C=O) groups is 3. The number of benzene rings is 3. The lowest BCUT2D eigenvalue weighted by molar-refractivity contribution is -0.143. The Hall–Kier alpha value is -4.87. The van der Waals surface area contributed by atoms with Crippen molar-refractivity contribution in [2.75, 3.05) is 6.61 Å². The first-order valence-corrected chi connectivity index (χ1v) is 12.8. The van der Waals surface area contributed by atoms with Crippen LogP contribution in [0.1, 0.15) is 50.2 Å². The van der Waals surface area contributed by atoms with Crippen LogP contribution in [0.15, 0.2) is 72.3 Å². The minimum absolute atomic E-state index is 0.0309. The molecule has 0 atom stereocenters. The number of hydrogen-bond acceptors (Lipinski definition) is 4. The van der Waals surface area contributed by atoms with Crippen molar-refractivity contribution in [1.82, 2.24) is 5.32 Å². The molecular weight excluding hydrogens is 580 g/mol. The van der Waals surface area contributed by atoms with Crippen LogP contribution in [0.3, 0.4) is 0 Å². The molecule has 0 spiro atoms. The standard InChI is InChI=1S/C31H23F6NO5/c32-30(33,34)23-12-20(13-24(15-23)31(35,36)37)11-22-7-6-21-14-25(8-9-26(21)29(22)42)43-17-27(39)38-16-19-3-1-18(2-4-19)5-10-28(40)41/h1-5,8-15H,6-7,16-17H2,(H,38,39)(H,40,41)/b10-5+,22-11+. The summed E-state index contributed by atoms with van der Waals surface area (Å²) < 4.78 is 84.8. The van der Waals surface area contributed by atoms with Crippen LogP contribution in [0.25, 0.3) is 12.2 Å². The Balaban J connectivity index is 1.38. The molecule has 4 rings (SSSR count). The number of nitrogens with one attached hydrogen (secondary N) is 1. The predicted molar refractivity (Wildman–Crippen MR) is 144 cm³/mol. The van der Waals surface area contributed by atoms with Crippen molar-refractivity contribution < 1.29 is 50.6 Å². The normalized spacial score (nSPS) is 14.6. The van der Waals surface area contributed by atoms with Gasteiger partial charge < -0.3 is 15.2 Å². The SMILES string of the molecule is O=C(O)/C=C/c1ccc(CNC(=O)COc2ccc3c(c2)CC/C(=C\c2cc(C(F)(F)F)cc(C(F)(F)F)c2)C3=O)cc1. The average Bonchev–Trinajstić information content (AvgIpc) is 2.94. The minimum Gasteiger partial charge on any atom is -0.484 e. The number of hydrogen-bond donors (Lipinski definition) is 2. The fourth-order valence-corrected chi connectivity index (χ4v) is 4.36. The zero-order valence-corrected chi connectivity index (χ0v) is 22.2. The monoisotopic (exact) mass is 603 g/mol. The maximum atomic E-state index is 13.2. The van der Waals surface area contributed by atoms with Gasteiger partial charge in [-0.25, -0.2) is 4.79 Å². The molecule has 12 heteroatoms. The molecule has 224 valence electrons. The lowest BCUT2D eigenvalue weighted by Crippen LogP contribution is -2.28. The van der Waals surface area contributed by atoms with Gasteiger partial charge in [-0.1, -0.05) is 24.3 Å². The molecule has 0 saturated carbocycles. The second kappa shape index (κ2) is 12.6. The number of alkyl halides is 6. The lowest BCUT2D eigenvalue weighted by atomic mass is 9.85. The molecule has 1 aliphatic carbocycles. The maximum absolute atomic E-state index is 13.2. The molecule has 0 aliphatic heterocycles. The van der Waals surface area contributed by atoms with Crippen molar-refractivity contribution in [1.29, 1.82) is 0 Å². The highest BCUT2D eigenvalue weighted by atomic mass is 19.4. The van der Waals surface area contributed by atoms with Crippen LogP contribution < -0.4 is 10.1 Å². The summed E-state index contributed by atoms with van der Waals surface area (Å²) in [6, 6.07) is 12.5. The van der Waals surface area contributed by atoms with Crippen LogP contribution in [0.2, 0.25) is 0 Å². The van der Waals surface area contributed by atoms with E-state index in [1.807, 2.05) is 0 Å². The van der Waals surface area contributed by atoms with Gasteiger partial charge in [0.15, 0.2) is 12.4 Å². The first kappa shape index (κ1) is 31.1. The van der Waals surface area contributed by atoms with Crippen molar-refractivity contribution in [3.05, 3.63) is 111 Å². The summed E-state index contributed by atoms with van der Waals surface area (Å²) >= 11 is 0. The molecule has 6 nitrogen and oxygen atoms in total. The van der Waals surface area contributed by atoms with Crippen molar-refractivity contribution in [3.8, 4) is 5.75 Å². The molecular formula is C31H23F6NO5. The Bertz CT molecular complexity index is 1570. The number of Topliss-reactive ketones (excluding diaryl/α,β-unsaturated/α-hetero) is 1. The van der Waals surface area contributed by atoms with Crippen molar-refractivity contribution in [3.63, 3.8) is 0 Å². The Morgan fingerprint density at radius 3 is 2.12 bits per heavy atom. The van der Waals surface area contributed by atoms with Gasteiger partial charge in [0.25, 0.3) is 5.91 Å². The molecule has 0 radical (unpaired) electrons. The largest absolute Gasteiger partial charge is 0.484 e. The Labute approximate surface area is 241 Å². The summed E-state index contributed by atoms with van der Waals surface area (Å²) in [6.07, 6.45) is -6.15. The number of aliphatic carboxylic acids is 1. The molecule has 0 bridgehead atoms. The number of ketones is 1. The van der Waals surface area contributed by atoms with Gasteiger partial charge in [0.1, 0.15) is 5.75 Å². The number of carboxylic acids is 1. The third-order valence-corrected chi connectivity index (χ3v) is 6.49. The lowest BCUT2D eigenvalue weighted by Gasteiger charge is -2.19. The minimum atomic E-state index is -5.00.